The van der Waals surface area contributed by atoms with E-state index < -0.39 is 0 Å². The van der Waals surface area contributed by atoms with E-state index in [1.54, 1.807) is 4.90 Å². The lowest BCUT2D eigenvalue weighted by atomic mass is 9.97. The monoisotopic (exact) mass is 339 g/mol. The molecule has 2 heterocycles. The van der Waals surface area contributed by atoms with Crippen LogP contribution in [0.25, 0.3) is 0 Å². The van der Waals surface area contributed by atoms with Crippen LogP contribution in [-0.2, 0) is 4.74 Å². The number of carbonyl (C=O) groups excluding carboxylic acids is 1. The van der Waals surface area contributed by atoms with Crippen LogP contribution < -0.4 is 10.2 Å². The van der Waals surface area contributed by atoms with Gasteiger partial charge in [-0.05, 0) is 42.7 Å². The Labute approximate surface area is 149 Å². The normalized spacial score (nSPS) is 16.8. The van der Waals surface area contributed by atoms with Crippen LogP contribution in [0.4, 0.5) is 10.5 Å². The first kappa shape index (κ1) is 17.4. The number of carbonyl (C=O) groups is 1. The third-order valence-electron chi connectivity index (χ3n) is 4.57. The summed E-state index contributed by atoms with van der Waals surface area (Å²) in [4.78, 5) is 17.8. The molecule has 5 nitrogen and oxygen atoms in total. The zero-order valence-corrected chi connectivity index (χ0v) is 15.0. The van der Waals surface area contributed by atoms with E-state index in [9.17, 15) is 4.79 Å². The molecule has 0 bridgehead atoms. The summed E-state index contributed by atoms with van der Waals surface area (Å²) in [5.41, 5.74) is 3.11. The van der Waals surface area contributed by atoms with Gasteiger partial charge in [-0.1, -0.05) is 32.0 Å². The molecular formula is C20H25N3O2. The Bertz CT molecular complexity index is 701. The van der Waals surface area contributed by atoms with Gasteiger partial charge in [0.25, 0.3) is 0 Å². The number of nitrogens with one attached hydrogen (secondary N) is 1. The van der Waals surface area contributed by atoms with Gasteiger partial charge < -0.3 is 10.1 Å². The molecule has 1 saturated heterocycles. The Balaban J connectivity index is 1.71. The van der Waals surface area contributed by atoms with Crippen LogP contribution in [0.1, 0.15) is 44.1 Å². The topological polar surface area (TPSA) is 54.5 Å². The molecule has 2 aromatic rings. The number of anilines is 1. The first-order valence-electron chi connectivity index (χ1n) is 8.77. The van der Waals surface area contributed by atoms with Crippen LogP contribution in [0.3, 0.4) is 0 Å². The lowest BCUT2D eigenvalue weighted by molar-refractivity contribution is 0.181. The minimum absolute atomic E-state index is 0.175. The third-order valence-corrected chi connectivity index (χ3v) is 4.57. The highest BCUT2D eigenvalue weighted by Gasteiger charge is 2.24. The van der Waals surface area contributed by atoms with Crippen molar-refractivity contribution in [1.82, 2.24) is 10.3 Å². The SMILES string of the molecule is CC(C)[C@H](N[C@H](C)c1ccc(N2CCOC2=O)cc1)c1ccccn1. The predicted molar refractivity (Wildman–Crippen MR) is 98.5 cm³/mol. The van der Waals surface area contributed by atoms with Gasteiger partial charge in [-0.15, -0.1) is 0 Å². The highest BCUT2D eigenvalue weighted by atomic mass is 16.6. The number of cyclic esters (lactones) is 1. The predicted octanol–water partition coefficient (Wildman–Crippen LogP) is 4.09. The summed E-state index contributed by atoms with van der Waals surface area (Å²) in [7, 11) is 0. The summed E-state index contributed by atoms with van der Waals surface area (Å²) < 4.78 is 4.99. The van der Waals surface area contributed by atoms with Crippen LogP contribution in [0.5, 0.6) is 0 Å². The molecule has 0 unspecified atom stereocenters. The fourth-order valence-corrected chi connectivity index (χ4v) is 3.12. The molecule has 0 aliphatic carbocycles. The van der Waals surface area contributed by atoms with E-state index in [0.717, 1.165) is 11.4 Å². The van der Waals surface area contributed by atoms with Crippen molar-refractivity contribution in [3.63, 3.8) is 0 Å². The summed E-state index contributed by atoms with van der Waals surface area (Å²) in [5, 5.41) is 3.68. The third kappa shape index (κ3) is 3.99. The number of ether oxygens (including phenoxy) is 1. The van der Waals surface area contributed by atoms with Crippen LogP contribution in [0.2, 0.25) is 0 Å². The molecule has 2 atom stereocenters. The zero-order valence-electron chi connectivity index (χ0n) is 15.0. The molecule has 1 fully saturated rings. The molecule has 1 aliphatic rings. The molecule has 1 aliphatic heterocycles. The second-order valence-corrected chi connectivity index (χ2v) is 6.72. The van der Waals surface area contributed by atoms with Crippen molar-refractivity contribution in [2.75, 3.05) is 18.1 Å². The minimum atomic E-state index is -0.269. The quantitative estimate of drug-likeness (QED) is 0.861. The average molecular weight is 339 g/mol. The van der Waals surface area contributed by atoms with Gasteiger partial charge in [-0.3, -0.25) is 9.88 Å². The van der Waals surface area contributed by atoms with E-state index in [4.69, 9.17) is 4.74 Å². The summed E-state index contributed by atoms with van der Waals surface area (Å²) in [5.74, 6) is 0.427. The fraction of sp³-hybridized carbons (Fsp3) is 0.400. The molecular weight excluding hydrogens is 314 g/mol. The Hall–Kier alpha value is -2.40. The first-order valence-corrected chi connectivity index (χ1v) is 8.77. The maximum atomic E-state index is 11.7. The van der Waals surface area contributed by atoms with E-state index in [-0.39, 0.29) is 18.2 Å². The summed E-state index contributed by atoms with van der Waals surface area (Å²) >= 11 is 0. The molecule has 5 heteroatoms. The lowest BCUT2D eigenvalue weighted by Crippen LogP contribution is -2.29. The molecule has 1 N–H and O–H groups in total. The molecule has 1 aromatic heterocycles. The highest BCUT2D eigenvalue weighted by Crippen LogP contribution is 2.26. The Morgan fingerprint density at radius 3 is 2.44 bits per heavy atom. The van der Waals surface area contributed by atoms with Gasteiger partial charge >= 0.3 is 6.09 Å². The van der Waals surface area contributed by atoms with Crippen molar-refractivity contribution in [2.45, 2.75) is 32.9 Å². The van der Waals surface area contributed by atoms with Crippen LogP contribution >= 0.6 is 0 Å². The Morgan fingerprint density at radius 2 is 1.88 bits per heavy atom. The van der Waals surface area contributed by atoms with Gasteiger partial charge in [0.05, 0.1) is 18.3 Å². The number of pyridine rings is 1. The standard InChI is InChI=1S/C20H25N3O2/c1-14(2)19(18-6-4-5-11-21-18)22-15(3)16-7-9-17(10-8-16)23-12-13-25-20(23)24/h4-11,14-15,19,22H,12-13H2,1-3H3/t15-,19+/m1/s1. The van der Waals surface area contributed by atoms with Crippen molar-refractivity contribution < 1.29 is 9.53 Å². The molecule has 1 amide bonds. The number of amides is 1. The van der Waals surface area contributed by atoms with E-state index in [0.29, 0.717) is 19.1 Å². The van der Waals surface area contributed by atoms with Crippen molar-refractivity contribution in [3.05, 3.63) is 59.9 Å². The highest BCUT2D eigenvalue weighted by molar-refractivity contribution is 5.89. The number of aromatic nitrogens is 1. The molecule has 25 heavy (non-hydrogen) atoms. The number of benzene rings is 1. The molecule has 0 spiro atoms. The maximum Gasteiger partial charge on any atom is 0.414 e. The largest absolute Gasteiger partial charge is 0.447 e. The van der Waals surface area contributed by atoms with E-state index in [1.807, 2.05) is 30.5 Å². The van der Waals surface area contributed by atoms with Crippen molar-refractivity contribution >= 4 is 11.8 Å². The number of hydrogen-bond donors (Lipinski definition) is 1. The van der Waals surface area contributed by atoms with Gasteiger partial charge in [0, 0.05) is 17.9 Å². The minimum Gasteiger partial charge on any atom is -0.447 e. The summed E-state index contributed by atoms with van der Waals surface area (Å²) in [6.07, 6.45) is 1.56. The summed E-state index contributed by atoms with van der Waals surface area (Å²) in [6.45, 7) is 7.61. The molecule has 132 valence electrons. The van der Waals surface area contributed by atoms with Crippen LogP contribution in [0, 0.1) is 5.92 Å². The molecule has 0 radical (unpaired) electrons. The second-order valence-electron chi connectivity index (χ2n) is 6.72. The van der Waals surface area contributed by atoms with Crippen LogP contribution in [-0.4, -0.2) is 24.2 Å². The number of rotatable bonds is 6. The van der Waals surface area contributed by atoms with Gasteiger partial charge in [0.15, 0.2) is 0 Å². The Morgan fingerprint density at radius 1 is 1.12 bits per heavy atom. The summed E-state index contributed by atoms with van der Waals surface area (Å²) in [6, 6.07) is 14.5. The van der Waals surface area contributed by atoms with Gasteiger partial charge in [0.1, 0.15) is 6.61 Å². The molecule has 0 saturated carbocycles. The second kappa shape index (κ2) is 7.66. The van der Waals surface area contributed by atoms with Crippen molar-refractivity contribution in [2.24, 2.45) is 5.92 Å². The van der Waals surface area contributed by atoms with Gasteiger partial charge in [-0.25, -0.2) is 4.79 Å². The fourth-order valence-electron chi connectivity index (χ4n) is 3.12. The van der Waals surface area contributed by atoms with Gasteiger partial charge in [-0.2, -0.15) is 0 Å². The zero-order chi connectivity index (χ0) is 17.8. The van der Waals surface area contributed by atoms with Crippen molar-refractivity contribution in [1.29, 1.82) is 0 Å². The number of hydrogen-bond acceptors (Lipinski definition) is 4. The van der Waals surface area contributed by atoms with E-state index in [2.05, 4.69) is 49.3 Å². The van der Waals surface area contributed by atoms with Crippen LogP contribution in [0.15, 0.2) is 48.7 Å². The first-order chi connectivity index (χ1) is 12.1. The van der Waals surface area contributed by atoms with Gasteiger partial charge in [0.2, 0.25) is 0 Å². The van der Waals surface area contributed by atoms with E-state index >= 15 is 0 Å². The average Bonchev–Trinajstić information content (AvgIpc) is 3.06. The molecule has 1 aromatic carbocycles. The van der Waals surface area contributed by atoms with Crippen molar-refractivity contribution in [3.8, 4) is 0 Å². The smallest absolute Gasteiger partial charge is 0.414 e. The lowest BCUT2D eigenvalue weighted by Gasteiger charge is -2.26. The van der Waals surface area contributed by atoms with E-state index in [1.165, 1.54) is 5.56 Å². The maximum absolute atomic E-state index is 11.7. The Kier molecular flexibility index (Phi) is 5.34. The number of nitrogens with zero attached hydrogens (tertiary/aromatic N) is 2. The molecule has 3 rings (SSSR count).